The summed E-state index contributed by atoms with van der Waals surface area (Å²) in [5, 5.41) is 9.53. The van der Waals surface area contributed by atoms with E-state index in [2.05, 4.69) is 9.97 Å². The molecule has 4 N–H and O–H groups in total. The van der Waals surface area contributed by atoms with E-state index in [0.29, 0.717) is 36.3 Å². The Hall–Kier alpha value is -3.42. The Bertz CT molecular complexity index is 2030. The lowest BCUT2D eigenvalue weighted by Gasteiger charge is -2.07. The molecular weight excluding hydrogens is 665 g/mol. The first-order valence-corrected chi connectivity index (χ1v) is 18.7. The van der Waals surface area contributed by atoms with Crippen LogP contribution < -0.4 is 10.3 Å². The predicted octanol–water partition coefficient (Wildman–Crippen LogP) is 3.40. The number of aromatic nitrogens is 4. The van der Waals surface area contributed by atoms with Crippen LogP contribution in [0, 0.1) is 0 Å². The maximum Gasteiger partial charge on any atom is 0.255 e. The van der Waals surface area contributed by atoms with Gasteiger partial charge in [-0.25, -0.2) is 37.1 Å². The van der Waals surface area contributed by atoms with Crippen molar-refractivity contribution in [1.29, 1.82) is 0 Å². The molecule has 0 bridgehead atoms. The van der Waals surface area contributed by atoms with E-state index >= 15 is 0 Å². The summed E-state index contributed by atoms with van der Waals surface area (Å²) < 4.78 is 49.3. The SMILES string of the molecule is CCC(=O)n1c(C(=O)SCCCCCSC(=O)c2nc3ccc(S(N)(=O)=O)cc3n2C(=O)CC)nc2cc(S(N)(=O)=O)ccc21. The van der Waals surface area contributed by atoms with Gasteiger partial charge in [-0.05, 0) is 49.2 Å². The van der Waals surface area contributed by atoms with Crippen LogP contribution in [0.25, 0.3) is 22.1 Å². The van der Waals surface area contributed by atoms with Crippen LogP contribution in [0.2, 0.25) is 0 Å². The minimum Gasteiger partial charge on any atom is -0.278 e. The predicted molar refractivity (Wildman–Crippen MR) is 171 cm³/mol. The van der Waals surface area contributed by atoms with Crippen molar-refractivity contribution in [3.63, 3.8) is 0 Å². The first-order chi connectivity index (χ1) is 21.2. The van der Waals surface area contributed by atoms with Gasteiger partial charge in [0, 0.05) is 24.3 Å². The number of nitrogens with zero attached hydrogens (tertiary/aromatic N) is 4. The van der Waals surface area contributed by atoms with Crippen molar-refractivity contribution in [2.24, 2.45) is 10.3 Å². The van der Waals surface area contributed by atoms with Crippen molar-refractivity contribution < 1.29 is 36.0 Å². The molecule has 0 fully saturated rings. The average Bonchev–Trinajstić information content (AvgIpc) is 3.57. The van der Waals surface area contributed by atoms with Gasteiger partial charge in [0.1, 0.15) is 0 Å². The van der Waals surface area contributed by atoms with E-state index in [1.807, 2.05) is 0 Å². The number of unbranched alkanes of at least 4 members (excludes halogenated alkanes) is 2. The minimum atomic E-state index is -4.03. The van der Waals surface area contributed by atoms with Crippen molar-refractivity contribution in [2.45, 2.75) is 55.7 Å². The van der Waals surface area contributed by atoms with Gasteiger partial charge in [-0.2, -0.15) is 0 Å². The Morgan fingerprint density at radius 2 is 1.13 bits per heavy atom. The largest absolute Gasteiger partial charge is 0.278 e. The topological polar surface area (TPSA) is 224 Å². The van der Waals surface area contributed by atoms with Gasteiger partial charge < -0.3 is 0 Å². The van der Waals surface area contributed by atoms with Crippen LogP contribution in [0.4, 0.5) is 0 Å². The number of hydrogen-bond acceptors (Lipinski definition) is 12. The number of rotatable bonds is 12. The summed E-state index contributed by atoms with van der Waals surface area (Å²) in [6.07, 6.45) is 2.07. The van der Waals surface area contributed by atoms with Gasteiger partial charge in [0.2, 0.25) is 31.9 Å². The van der Waals surface area contributed by atoms with E-state index in [9.17, 15) is 36.0 Å². The minimum absolute atomic E-state index is 0.0614. The third-order valence-electron chi connectivity index (χ3n) is 6.63. The number of sulfonamides is 2. The molecule has 0 saturated heterocycles. The van der Waals surface area contributed by atoms with Crippen LogP contribution in [-0.4, -0.2) is 69.5 Å². The first-order valence-electron chi connectivity index (χ1n) is 13.7. The lowest BCUT2D eigenvalue weighted by atomic mass is 10.3. The van der Waals surface area contributed by atoms with E-state index in [4.69, 9.17) is 10.3 Å². The summed E-state index contributed by atoms with van der Waals surface area (Å²) in [4.78, 5) is 59.4. The standard InChI is InChI=1S/C27H30N6O8S4/c1-3-22(34)32-20-11-9-16(44(28,38)39)14-19(20)31-25(32)27(37)43-13-7-5-6-12-42-26(36)24-30-18-10-8-17(45(29,40)41)15-21(18)33(24)23(35)4-2/h8-11,14-15H,3-7,12-13H2,1-2H3,(H2,28,38,39)(H2,29,40,41). The van der Waals surface area contributed by atoms with Crippen LogP contribution in [0.3, 0.4) is 0 Å². The summed E-state index contributed by atoms with van der Waals surface area (Å²) in [6, 6.07) is 7.75. The fourth-order valence-corrected chi connectivity index (χ4v) is 7.07. The van der Waals surface area contributed by atoms with Crippen LogP contribution in [0.1, 0.15) is 76.8 Å². The van der Waals surface area contributed by atoms with Gasteiger partial charge in [-0.15, -0.1) is 0 Å². The second kappa shape index (κ2) is 13.9. The van der Waals surface area contributed by atoms with Gasteiger partial charge in [0.05, 0.1) is 31.9 Å². The highest BCUT2D eigenvalue weighted by Gasteiger charge is 2.24. The fourth-order valence-electron chi connectivity index (χ4n) is 4.40. The Morgan fingerprint density at radius 1 is 0.667 bits per heavy atom. The van der Waals surface area contributed by atoms with E-state index in [-0.39, 0.29) is 56.7 Å². The number of thioether (sulfide) groups is 2. The van der Waals surface area contributed by atoms with Gasteiger partial charge >= 0.3 is 0 Å². The average molecular weight is 695 g/mol. The number of primary sulfonamides is 2. The molecule has 0 aliphatic heterocycles. The summed E-state index contributed by atoms with van der Waals surface area (Å²) in [7, 11) is -8.03. The third kappa shape index (κ3) is 7.70. The van der Waals surface area contributed by atoms with Crippen molar-refractivity contribution in [3.05, 3.63) is 48.0 Å². The number of carbonyl (C=O) groups is 4. The molecule has 0 aliphatic carbocycles. The fraction of sp³-hybridized carbons (Fsp3) is 0.333. The van der Waals surface area contributed by atoms with Crippen molar-refractivity contribution in [1.82, 2.24) is 19.1 Å². The molecule has 2 heterocycles. The number of imidazole rings is 2. The number of nitrogens with two attached hydrogens (primary N) is 2. The van der Waals surface area contributed by atoms with E-state index in [1.54, 1.807) is 13.8 Å². The molecule has 240 valence electrons. The molecule has 0 spiro atoms. The smallest absolute Gasteiger partial charge is 0.255 e. The van der Waals surface area contributed by atoms with Gasteiger partial charge in [-0.1, -0.05) is 43.8 Å². The van der Waals surface area contributed by atoms with Crippen LogP contribution >= 0.6 is 23.5 Å². The number of carbonyl (C=O) groups excluding carboxylic acids is 4. The van der Waals surface area contributed by atoms with Gasteiger partial charge in [-0.3, -0.25) is 28.3 Å². The van der Waals surface area contributed by atoms with E-state index in [1.165, 1.54) is 41.0 Å². The number of hydrogen-bond donors (Lipinski definition) is 2. The summed E-state index contributed by atoms with van der Waals surface area (Å²) in [5.41, 5.74) is 0.929. The van der Waals surface area contributed by atoms with Crippen molar-refractivity contribution in [2.75, 3.05) is 11.5 Å². The quantitative estimate of drug-likeness (QED) is 0.204. The van der Waals surface area contributed by atoms with Crippen LogP contribution in [0.5, 0.6) is 0 Å². The van der Waals surface area contributed by atoms with E-state index < -0.39 is 36.2 Å². The number of benzene rings is 2. The van der Waals surface area contributed by atoms with Crippen molar-refractivity contribution in [3.8, 4) is 0 Å². The molecule has 18 heteroatoms. The van der Waals surface area contributed by atoms with E-state index in [0.717, 1.165) is 28.1 Å². The highest BCUT2D eigenvalue weighted by molar-refractivity contribution is 8.14. The lowest BCUT2D eigenvalue weighted by molar-refractivity contribution is 0.0894. The third-order valence-corrected chi connectivity index (χ3v) is 10.3. The molecule has 45 heavy (non-hydrogen) atoms. The first kappa shape index (κ1) is 34.5. The molecule has 0 amide bonds. The molecule has 2 aromatic carbocycles. The second-order valence-electron chi connectivity index (χ2n) is 9.76. The molecule has 2 aromatic heterocycles. The summed E-state index contributed by atoms with van der Waals surface area (Å²) in [6.45, 7) is 3.25. The molecule has 0 aliphatic rings. The Labute approximate surface area is 267 Å². The zero-order chi connectivity index (χ0) is 33.1. The zero-order valence-electron chi connectivity index (χ0n) is 24.3. The van der Waals surface area contributed by atoms with Crippen molar-refractivity contribution >= 4 is 87.7 Å². The zero-order valence-corrected chi connectivity index (χ0v) is 27.5. The molecular formula is C27H30N6O8S4. The maximum atomic E-state index is 13.0. The highest BCUT2D eigenvalue weighted by Crippen LogP contribution is 2.26. The van der Waals surface area contributed by atoms with Gasteiger partial charge in [0.15, 0.2) is 11.6 Å². The Balaban J connectivity index is 1.35. The molecule has 0 atom stereocenters. The summed E-state index contributed by atoms with van der Waals surface area (Å²) in [5.74, 6) is -0.169. The molecule has 0 radical (unpaired) electrons. The molecule has 4 aromatic rings. The maximum absolute atomic E-state index is 13.0. The molecule has 14 nitrogen and oxygen atoms in total. The highest BCUT2D eigenvalue weighted by atomic mass is 32.2. The van der Waals surface area contributed by atoms with Crippen LogP contribution in [0.15, 0.2) is 46.2 Å². The monoisotopic (exact) mass is 694 g/mol. The molecule has 0 saturated carbocycles. The number of fused-ring (bicyclic) bond motifs is 2. The molecule has 4 rings (SSSR count). The lowest BCUT2D eigenvalue weighted by Crippen LogP contribution is -2.16. The van der Waals surface area contributed by atoms with Crippen LogP contribution in [-0.2, 0) is 20.0 Å². The Morgan fingerprint density at radius 3 is 1.64 bits per heavy atom. The summed E-state index contributed by atoms with van der Waals surface area (Å²) >= 11 is 1.95. The molecule has 0 unspecified atom stereocenters. The van der Waals surface area contributed by atoms with Gasteiger partial charge in [0.25, 0.3) is 10.2 Å². The normalized spacial score (nSPS) is 12.2. The second-order valence-corrected chi connectivity index (χ2v) is 15.0. The Kier molecular flexibility index (Phi) is 10.7.